The molecule has 0 fully saturated rings. The minimum Gasteiger partial charge on any atom is -0.451 e. The number of H-pyrrole nitrogens is 1. The summed E-state index contributed by atoms with van der Waals surface area (Å²) in [5.74, 6) is -1.32. The molecule has 0 radical (unpaired) electrons. The van der Waals surface area contributed by atoms with Crippen molar-refractivity contribution in [2.24, 2.45) is 0 Å². The zero-order chi connectivity index (χ0) is 18.9. The zero-order valence-corrected chi connectivity index (χ0v) is 15.7. The molecule has 0 aliphatic rings. The Morgan fingerprint density at radius 3 is 2.36 bits per heavy atom. The minimum atomic E-state index is -1.06. The number of carbonyl (C=O) groups is 3. The molecule has 1 N–H and O–H groups in total. The van der Waals surface area contributed by atoms with Crippen molar-refractivity contribution in [2.75, 3.05) is 0 Å². The largest absolute Gasteiger partial charge is 0.451 e. The molecule has 2 rings (SSSR count). The Balaban J connectivity index is 2.24. The maximum atomic E-state index is 12.6. The van der Waals surface area contributed by atoms with Gasteiger partial charge in [0.25, 0.3) is 0 Å². The van der Waals surface area contributed by atoms with Gasteiger partial charge in [0.15, 0.2) is 11.9 Å². The normalized spacial score (nSPS) is 11.9. The highest BCUT2D eigenvalue weighted by atomic mass is 35.5. The van der Waals surface area contributed by atoms with Gasteiger partial charge < -0.3 is 9.72 Å². The van der Waals surface area contributed by atoms with Crippen molar-refractivity contribution in [2.45, 2.75) is 33.8 Å². The first-order valence-electron chi connectivity index (χ1n) is 7.54. The van der Waals surface area contributed by atoms with Crippen molar-refractivity contribution < 1.29 is 19.1 Å². The van der Waals surface area contributed by atoms with Crippen molar-refractivity contribution in [3.8, 4) is 0 Å². The first kappa shape index (κ1) is 19.2. The van der Waals surface area contributed by atoms with Crippen LogP contribution in [0.1, 0.15) is 56.3 Å². The van der Waals surface area contributed by atoms with Crippen LogP contribution in [0.5, 0.6) is 0 Å². The summed E-state index contributed by atoms with van der Waals surface area (Å²) >= 11 is 11.9. The Labute approximate surface area is 155 Å². The summed E-state index contributed by atoms with van der Waals surface area (Å²) in [4.78, 5) is 39.4. The van der Waals surface area contributed by atoms with Gasteiger partial charge in [-0.25, -0.2) is 4.79 Å². The van der Waals surface area contributed by atoms with E-state index in [0.717, 1.165) is 0 Å². The number of hydrogen-bond donors (Lipinski definition) is 1. The molecular formula is C18H17Cl2NO4. The molecule has 1 atom stereocenters. The molecule has 0 bridgehead atoms. The summed E-state index contributed by atoms with van der Waals surface area (Å²) in [7, 11) is 0. The Kier molecular flexibility index (Phi) is 5.70. The highest BCUT2D eigenvalue weighted by Crippen LogP contribution is 2.27. The summed E-state index contributed by atoms with van der Waals surface area (Å²) < 4.78 is 5.22. The SMILES string of the molecule is CC(=O)c1c(C)[nH]c(C(=O)[C@H](C)OC(=O)c2cccc(Cl)c2Cl)c1C. The number of hydrogen-bond acceptors (Lipinski definition) is 4. The summed E-state index contributed by atoms with van der Waals surface area (Å²) in [6.07, 6.45) is -1.06. The lowest BCUT2D eigenvalue weighted by atomic mass is 10.0. The molecular weight excluding hydrogens is 365 g/mol. The van der Waals surface area contributed by atoms with Crippen molar-refractivity contribution in [3.63, 3.8) is 0 Å². The number of rotatable bonds is 5. The molecule has 1 aromatic heterocycles. The molecule has 0 aliphatic heterocycles. The average molecular weight is 382 g/mol. The lowest BCUT2D eigenvalue weighted by Crippen LogP contribution is -2.25. The third-order valence-electron chi connectivity index (χ3n) is 3.86. The van der Waals surface area contributed by atoms with Crippen LogP contribution < -0.4 is 0 Å². The number of carbonyl (C=O) groups excluding carboxylic acids is 3. The van der Waals surface area contributed by atoms with Gasteiger partial charge in [-0.05, 0) is 45.4 Å². The van der Waals surface area contributed by atoms with Crippen molar-refractivity contribution in [1.82, 2.24) is 4.98 Å². The number of ketones is 2. The summed E-state index contributed by atoms with van der Waals surface area (Å²) in [6, 6.07) is 4.57. The molecule has 0 amide bonds. The monoisotopic (exact) mass is 381 g/mol. The second kappa shape index (κ2) is 7.42. The van der Waals surface area contributed by atoms with Gasteiger partial charge in [-0.2, -0.15) is 0 Å². The number of aromatic amines is 1. The third-order valence-corrected chi connectivity index (χ3v) is 4.68. The summed E-state index contributed by atoms with van der Waals surface area (Å²) in [6.45, 7) is 6.28. The van der Waals surface area contributed by atoms with Crippen LogP contribution in [0.15, 0.2) is 18.2 Å². The first-order chi connectivity index (χ1) is 11.6. The number of nitrogens with one attached hydrogen (secondary N) is 1. The zero-order valence-electron chi connectivity index (χ0n) is 14.2. The van der Waals surface area contributed by atoms with Gasteiger partial charge in [-0.1, -0.05) is 29.3 Å². The van der Waals surface area contributed by atoms with E-state index in [9.17, 15) is 14.4 Å². The van der Waals surface area contributed by atoms with Crippen LogP contribution in [0.3, 0.4) is 0 Å². The van der Waals surface area contributed by atoms with E-state index < -0.39 is 17.9 Å². The number of aryl methyl sites for hydroxylation is 1. The van der Waals surface area contributed by atoms with E-state index in [2.05, 4.69) is 4.98 Å². The highest BCUT2D eigenvalue weighted by molar-refractivity contribution is 6.43. The second-order valence-corrected chi connectivity index (χ2v) is 6.48. The van der Waals surface area contributed by atoms with Crippen LogP contribution in [-0.2, 0) is 4.74 Å². The maximum Gasteiger partial charge on any atom is 0.340 e. The van der Waals surface area contributed by atoms with E-state index in [4.69, 9.17) is 27.9 Å². The fourth-order valence-corrected chi connectivity index (χ4v) is 3.04. The molecule has 7 heteroatoms. The number of esters is 1. The fourth-order valence-electron chi connectivity index (χ4n) is 2.67. The first-order valence-corrected chi connectivity index (χ1v) is 8.30. The number of aromatic nitrogens is 1. The Hall–Kier alpha value is -2.11. The summed E-state index contributed by atoms with van der Waals surface area (Å²) in [5.41, 5.74) is 1.95. The third kappa shape index (κ3) is 3.78. The van der Waals surface area contributed by atoms with Crippen molar-refractivity contribution in [3.05, 3.63) is 56.3 Å². The molecule has 132 valence electrons. The average Bonchev–Trinajstić information content (AvgIpc) is 2.83. The fraction of sp³-hybridized carbons (Fsp3) is 0.278. The molecule has 0 unspecified atom stereocenters. The molecule has 5 nitrogen and oxygen atoms in total. The van der Waals surface area contributed by atoms with E-state index in [0.29, 0.717) is 16.8 Å². The maximum absolute atomic E-state index is 12.6. The Bertz CT molecular complexity index is 870. The van der Waals surface area contributed by atoms with Gasteiger partial charge in [-0.3, -0.25) is 9.59 Å². The Morgan fingerprint density at radius 1 is 1.16 bits per heavy atom. The van der Waals surface area contributed by atoms with Crippen LogP contribution in [-0.4, -0.2) is 28.6 Å². The van der Waals surface area contributed by atoms with Crippen LogP contribution in [0.4, 0.5) is 0 Å². The van der Waals surface area contributed by atoms with E-state index in [1.165, 1.54) is 19.9 Å². The molecule has 0 spiro atoms. The summed E-state index contributed by atoms with van der Waals surface area (Å²) in [5, 5.41) is 0.289. The lowest BCUT2D eigenvalue weighted by molar-refractivity contribution is 0.0317. The molecule has 25 heavy (non-hydrogen) atoms. The van der Waals surface area contributed by atoms with Crippen LogP contribution in [0, 0.1) is 13.8 Å². The van der Waals surface area contributed by atoms with Gasteiger partial charge >= 0.3 is 5.97 Å². The van der Waals surface area contributed by atoms with Crippen LogP contribution in [0.2, 0.25) is 10.0 Å². The van der Waals surface area contributed by atoms with E-state index in [-0.39, 0.29) is 27.1 Å². The molecule has 0 saturated heterocycles. The van der Waals surface area contributed by atoms with Gasteiger partial charge in [-0.15, -0.1) is 0 Å². The highest BCUT2D eigenvalue weighted by Gasteiger charge is 2.27. The van der Waals surface area contributed by atoms with E-state index >= 15 is 0 Å². The van der Waals surface area contributed by atoms with E-state index in [1.54, 1.807) is 26.0 Å². The smallest absolute Gasteiger partial charge is 0.340 e. The lowest BCUT2D eigenvalue weighted by Gasteiger charge is -2.13. The van der Waals surface area contributed by atoms with Crippen molar-refractivity contribution >= 4 is 40.7 Å². The molecule has 1 aromatic carbocycles. The second-order valence-electron chi connectivity index (χ2n) is 5.69. The number of Topliss-reactive ketones (excluding diaryl/α,β-unsaturated/α-hetero) is 2. The van der Waals surface area contributed by atoms with Crippen molar-refractivity contribution in [1.29, 1.82) is 0 Å². The van der Waals surface area contributed by atoms with Gasteiger partial charge in [0.1, 0.15) is 0 Å². The molecule has 0 aliphatic carbocycles. The quantitative estimate of drug-likeness (QED) is 0.607. The Morgan fingerprint density at radius 2 is 1.80 bits per heavy atom. The minimum absolute atomic E-state index is 0.0691. The van der Waals surface area contributed by atoms with Gasteiger partial charge in [0, 0.05) is 11.3 Å². The number of halogens is 2. The predicted octanol–water partition coefficient (Wildman–Crippen LogP) is 4.57. The van der Waals surface area contributed by atoms with Crippen LogP contribution >= 0.6 is 23.2 Å². The predicted molar refractivity (Wildman–Crippen MR) is 95.9 cm³/mol. The number of ether oxygens (including phenoxy) is 1. The van der Waals surface area contributed by atoms with E-state index in [1.807, 2.05) is 0 Å². The molecule has 1 heterocycles. The molecule has 0 saturated carbocycles. The van der Waals surface area contributed by atoms with Gasteiger partial charge in [0.05, 0.1) is 21.3 Å². The standard InChI is InChI=1S/C18H17Cl2NO4/c1-8-14(10(3)22)9(2)21-16(8)17(23)11(4)25-18(24)12-6-5-7-13(19)15(12)20/h5-7,11,21H,1-4H3/t11-/m0/s1. The number of benzene rings is 1. The topological polar surface area (TPSA) is 76.2 Å². The molecule has 2 aromatic rings. The van der Waals surface area contributed by atoms with Gasteiger partial charge in [0.2, 0.25) is 5.78 Å². The van der Waals surface area contributed by atoms with Crippen LogP contribution in [0.25, 0.3) is 0 Å².